The molecule has 4 heteroatoms. The molecule has 1 heterocycles. The first kappa shape index (κ1) is 8.90. The molecule has 0 spiro atoms. The van der Waals surface area contributed by atoms with Crippen LogP contribution >= 0.6 is 27.3 Å². The number of nitrogens with two attached hydrogens (primary N) is 1. The van der Waals surface area contributed by atoms with Crippen LogP contribution in [0.3, 0.4) is 0 Å². The molecule has 0 aromatic carbocycles. The zero-order valence-corrected chi connectivity index (χ0v) is 8.41. The molecule has 0 bridgehead atoms. The molecule has 1 aromatic rings. The summed E-state index contributed by atoms with van der Waals surface area (Å²) < 4.78 is 1.00. The first-order chi connectivity index (χ1) is 5.11. The van der Waals surface area contributed by atoms with Crippen LogP contribution in [0.15, 0.2) is 15.9 Å². The Morgan fingerprint density at radius 1 is 1.73 bits per heavy atom. The molecule has 0 radical (unpaired) electrons. The van der Waals surface area contributed by atoms with Gasteiger partial charge in [-0.25, -0.2) is 0 Å². The van der Waals surface area contributed by atoms with Crippen LogP contribution in [0.1, 0.15) is 17.8 Å². The Balaban J connectivity index is 2.84. The summed E-state index contributed by atoms with van der Waals surface area (Å²) in [5.74, 6) is -0.000602. The van der Waals surface area contributed by atoms with Crippen LogP contribution in [-0.2, 0) is 4.79 Å². The van der Waals surface area contributed by atoms with Crippen LogP contribution in [0.4, 0.5) is 0 Å². The van der Waals surface area contributed by atoms with Crippen molar-refractivity contribution in [1.82, 2.24) is 0 Å². The number of hydrogen-bond acceptors (Lipinski definition) is 3. The topological polar surface area (TPSA) is 43.1 Å². The molecular formula is C7H8BrNOS. The van der Waals surface area contributed by atoms with E-state index in [0.717, 1.165) is 8.66 Å². The van der Waals surface area contributed by atoms with Gasteiger partial charge in [0.2, 0.25) is 0 Å². The summed E-state index contributed by atoms with van der Waals surface area (Å²) in [7, 11) is 0. The molecule has 0 fully saturated rings. The van der Waals surface area contributed by atoms with E-state index in [2.05, 4.69) is 15.9 Å². The lowest BCUT2D eigenvalue weighted by Gasteiger charge is -2.02. The van der Waals surface area contributed by atoms with Gasteiger partial charge in [0.1, 0.15) is 0 Å². The van der Waals surface area contributed by atoms with Gasteiger partial charge in [0.15, 0.2) is 5.78 Å². The smallest absolute Gasteiger partial charge is 0.151 e. The van der Waals surface area contributed by atoms with Gasteiger partial charge in [0.25, 0.3) is 0 Å². The maximum absolute atomic E-state index is 10.8. The minimum absolute atomic E-state index is 0.000602. The standard InChI is InChI=1S/C7H8BrNOS/c1-4(10)7(9)5-2-3-6(8)11-5/h2-3,7H,9H2,1H3. The van der Waals surface area contributed by atoms with Crippen LogP contribution in [0.2, 0.25) is 0 Å². The van der Waals surface area contributed by atoms with Crippen molar-refractivity contribution in [3.63, 3.8) is 0 Å². The summed E-state index contributed by atoms with van der Waals surface area (Å²) in [5.41, 5.74) is 5.59. The molecule has 0 saturated heterocycles. The van der Waals surface area contributed by atoms with Gasteiger partial charge >= 0.3 is 0 Å². The van der Waals surface area contributed by atoms with E-state index < -0.39 is 6.04 Å². The van der Waals surface area contributed by atoms with E-state index in [-0.39, 0.29) is 5.78 Å². The van der Waals surface area contributed by atoms with E-state index >= 15 is 0 Å². The zero-order chi connectivity index (χ0) is 8.43. The summed E-state index contributed by atoms with van der Waals surface area (Å²) in [6.45, 7) is 1.50. The Labute approximate surface area is 77.5 Å². The molecule has 0 aliphatic rings. The van der Waals surface area contributed by atoms with Crippen LogP contribution in [-0.4, -0.2) is 5.78 Å². The van der Waals surface area contributed by atoms with Crippen LogP contribution in [0.5, 0.6) is 0 Å². The molecular weight excluding hydrogens is 226 g/mol. The predicted molar refractivity (Wildman–Crippen MR) is 49.6 cm³/mol. The highest BCUT2D eigenvalue weighted by Crippen LogP contribution is 2.26. The van der Waals surface area contributed by atoms with Crippen molar-refractivity contribution in [3.05, 3.63) is 20.8 Å². The second-order valence-electron chi connectivity index (χ2n) is 2.23. The lowest BCUT2D eigenvalue weighted by atomic mass is 10.2. The highest BCUT2D eigenvalue weighted by atomic mass is 79.9. The number of ketones is 1. The van der Waals surface area contributed by atoms with Crippen molar-refractivity contribution in [1.29, 1.82) is 0 Å². The predicted octanol–water partition coefficient (Wildman–Crippen LogP) is 2.10. The van der Waals surface area contributed by atoms with Crippen LogP contribution in [0, 0.1) is 0 Å². The molecule has 1 aromatic heterocycles. The Morgan fingerprint density at radius 2 is 2.36 bits per heavy atom. The fourth-order valence-electron chi connectivity index (χ4n) is 0.696. The first-order valence-electron chi connectivity index (χ1n) is 3.12. The van der Waals surface area contributed by atoms with E-state index in [1.165, 1.54) is 18.3 Å². The monoisotopic (exact) mass is 233 g/mol. The summed E-state index contributed by atoms with van der Waals surface area (Å²) >= 11 is 4.80. The fourth-order valence-corrected chi connectivity index (χ4v) is 2.18. The SMILES string of the molecule is CC(=O)C(N)c1ccc(Br)s1. The number of carbonyl (C=O) groups excluding carboxylic acids is 1. The molecule has 1 unspecified atom stereocenters. The van der Waals surface area contributed by atoms with Crippen molar-refractivity contribution in [2.45, 2.75) is 13.0 Å². The van der Waals surface area contributed by atoms with Crippen molar-refractivity contribution in [2.75, 3.05) is 0 Å². The fraction of sp³-hybridized carbons (Fsp3) is 0.286. The van der Waals surface area contributed by atoms with Crippen LogP contribution in [0.25, 0.3) is 0 Å². The van der Waals surface area contributed by atoms with Crippen molar-refractivity contribution in [2.24, 2.45) is 5.73 Å². The average molecular weight is 234 g/mol. The van der Waals surface area contributed by atoms with Crippen LogP contribution < -0.4 is 5.73 Å². The number of rotatable bonds is 2. The van der Waals surface area contributed by atoms with E-state index in [4.69, 9.17) is 5.73 Å². The lowest BCUT2D eigenvalue weighted by molar-refractivity contribution is -0.118. The maximum Gasteiger partial charge on any atom is 0.151 e. The largest absolute Gasteiger partial charge is 0.317 e. The zero-order valence-electron chi connectivity index (χ0n) is 6.00. The van der Waals surface area contributed by atoms with E-state index in [9.17, 15) is 4.79 Å². The molecule has 0 saturated carbocycles. The van der Waals surface area contributed by atoms with Gasteiger partial charge in [-0.3, -0.25) is 4.79 Å². The molecule has 2 N–H and O–H groups in total. The Hall–Kier alpha value is -0.190. The first-order valence-corrected chi connectivity index (χ1v) is 4.73. The lowest BCUT2D eigenvalue weighted by Crippen LogP contribution is -2.16. The van der Waals surface area contributed by atoms with Gasteiger partial charge in [-0.15, -0.1) is 11.3 Å². The van der Waals surface area contributed by atoms with E-state index in [1.807, 2.05) is 12.1 Å². The van der Waals surface area contributed by atoms with E-state index in [0.29, 0.717) is 0 Å². The average Bonchev–Trinajstić information content (AvgIpc) is 2.34. The molecule has 0 amide bonds. The molecule has 0 aliphatic heterocycles. The maximum atomic E-state index is 10.8. The Morgan fingerprint density at radius 3 is 2.73 bits per heavy atom. The van der Waals surface area contributed by atoms with Crippen molar-refractivity contribution >= 4 is 33.0 Å². The second-order valence-corrected chi connectivity index (χ2v) is 4.72. The number of carbonyl (C=O) groups is 1. The number of thiophene rings is 1. The van der Waals surface area contributed by atoms with Crippen molar-refractivity contribution < 1.29 is 4.79 Å². The number of hydrogen-bond donors (Lipinski definition) is 1. The normalized spacial score (nSPS) is 13.0. The molecule has 1 atom stereocenters. The summed E-state index contributed by atoms with van der Waals surface area (Å²) in [4.78, 5) is 11.7. The van der Waals surface area contributed by atoms with Gasteiger partial charge < -0.3 is 5.73 Å². The third-order valence-electron chi connectivity index (χ3n) is 1.34. The minimum Gasteiger partial charge on any atom is -0.317 e. The molecule has 60 valence electrons. The molecule has 0 aliphatic carbocycles. The Bertz CT molecular complexity index is 271. The highest BCUT2D eigenvalue weighted by Gasteiger charge is 2.12. The Kier molecular flexibility index (Phi) is 2.81. The van der Waals surface area contributed by atoms with Gasteiger partial charge in [0.05, 0.1) is 9.83 Å². The van der Waals surface area contributed by atoms with Gasteiger partial charge in [-0.2, -0.15) is 0 Å². The highest BCUT2D eigenvalue weighted by molar-refractivity contribution is 9.11. The summed E-state index contributed by atoms with van der Waals surface area (Å²) in [6, 6.07) is 3.30. The molecule has 11 heavy (non-hydrogen) atoms. The number of halogens is 1. The summed E-state index contributed by atoms with van der Waals surface area (Å²) in [6.07, 6.45) is 0. The number of Topliss-reactive ketones (excluding diaryl/α,β-unsaturated/α-hetero) is 1. The second kappa shape index (κ2) is 3.47. The molecule has 2 nitrogen and oxygen atoms in total. The van der Waals surface area contributed by atoms with E-state index in [1.54, 1.807) is 0 Å². The minimum atomic E-state index is -0.453. The quantitative estimate of drug-likeness (QED) is 0.851. The van der Waals surface area contributed by atoms with Crippen molar-refractivity contribution in [3.8, 4) is 0 Å². The third-order valence-corrected chi connectivity index (χ3v) is 3.05. The summed E-state index contributed by atoms with van der Waals surface area (Å²) in [5, 5.41) is 0. The van der Waals surface area contributed by atoms with Gasteiger partial charge in [-0.05, 0) is 35.0 Å². The molecule has 1 rings (SSSR count). The van der Waals surface area contributed by atoms with Gasteiger partial charge in [0, 0.05) is 4.88 Å². The van der Waals surface area contributed by atoms with Gasteiger partial charge in [-0.1, -0.05) is 0 Å². The third kappa shape index (κ3) is 2.12.